The molecule has 12 heteroatoms. The normalized spacial score (nSPS) is 22.1. The molecule has 324 valence electrons. The molecule has 2 aromatic carbocycles. The Hall–Kier alpha value is -4.13. The minimum atomic E-state index is -0.916. The summed E-state index contributed by atoms with van der Waals surface area (Å²) in [5, 5.41) is 8.96. The fourth-order valence-corrected chi connectivity index (χ4v) is 8.37. The van der Waals surface area contributed by atoms with Crippen molar-refractivity contribution in [3.8, 4) is 0 Å². The van der Waals surface area contributed by atoms with Crippen LogP contribution in [0, 0.1) is 5.92 Å². The Morgan fingerprint density at radius 1 is 0.814 bits per heavy atom. The van der Waals surface area contributed by atoms with E-state index in [4.69, 9.17) is 9.47 Å². The number of aryl methyl sites for hydroxylation is 1. The summed E-state index contributed by atoms with van der Waals surface area (Å²) in [5.41, 5.74) is 1.00. The second-order valence-electron chi connectivity index (χ2n) is 17.5. The lowest BCUT2D eigenvalue weighted by atomic mass is 9.92. The Bertz CT molecular complexity index is 1650. The van der Waals surface area contributed by atoms with Gasteiger partial charge in [-0.25, -0.2) is 0 Å². The molecule has 59 heavy (non-hydrogen) atoms. The van der Waals surface area contributed by atoms with Crippen molar-refractivity contribution in [1.82, 2.24) is 25.8 Å². The number of amides is 4. The number of carbonyl (C=O) groups excluding carboxylic acids is 5. The Balaban J connectivity index is 1.17. The molecule has 0 bridgehead atoms. The zero-order valence-electron chi connectivity index (χ0n) is 35.9. The molecule has 4 unspecified atom stereocenters. The first-order chi connectivity index (χ1) is 28.4. The number of nitrogens with one attached hydrogen (secondary N) is 3. The largest absolute Gasteiger partial charge is 0.379 e. The van der Waals surface area contributed by atoms with Crippen molar-refractivity contribution in [2.24, 2.45) is 5.92 Å². The van der Waals surface area contributed by atoms with Gasteiger partial charge < -0.3 is 30.3 Å². The molecule has 5 rings (SSSR count). The quantitative estimate of drug-likeness (QED) is 0.0920. The van der Waals surface area contributed by atoms with Crippen molar-refractivity contribution in [1.29, 1.82) is 0 Å². The summed E-state index contributed by atoms with van der Waals surface area (Å²) in [4.78, 5) is 73.3. The number of hydrogen-bond acceptors (Lipinski definition) is 8. The van der Waals surface area contributed by atoms with Crippen LogP contribution in [0.25, 0.3) is 0 Å². The van der Waals surface area contributed by atoms with Crippen molar-refractivity contribution >= 4 is 29.4 Å². The summed E-state index contributed by atoms with van der Waals surface area (Å²) in [6.45, 7) is 12.8. The van der Waals surface area contributed by atoms with E-state index in [-0.39, 0.29) is 36.0 Å². The molecular formula is C47H69N5O7. The fraction of sp³-hybridized carbons (Fsp3) is 0.638. The van der Waals surface area contributed by atoms with E-state index < -0.39 is 41.6 Å². The van der Waals surface area contributed by atoms with Crippen LogP contribution in [0.3, 0.4) is 0 Å². The monoisotopic (exact) mass is 816 g/mol. The highest BCUT2D eigenvalue weighted by Crippen LogP contribution is 2.30. The fourth-order valence-electron chi connectivity index (χ4n) is 8.37. The smallest absolute Gasteiger partial charge is 0.246 e. The number of rotatable bonds is 25. The molecule has 6 atom stereocenters. The molecule has 3 heterocycles. The summed E-state index contributed by atoms with van der Waals surface area (Å²) in [5.74, 6) is -1.40. The van der Waals surface area contributed by atoms with Gasteiger partial charge in [0.05, 0.1) is 25.9 Å². The Labute approximate surface area is 351 Å². The average Bonchev–Trinajstić information content (AvgIpc) is 3.92. The lowest BCUT2D eigenvalue weighted by molar-refractivity contribution is -0.142. The lowest BCUT2D eigenvalue weighted by Crippen LogP contribution is -2.57. The highest BCUT2D eigenvalue weighted by atomic mass is 16.6. The van der Waals surface area contributed by atoms with Crippen LogP contribution in [0.1, 0.15) is 109 Å². The minimum Gasteiger partial charge on any atom is -0.379 e. The molecule has 0 aromatic heterocycles. The number of morpholine rings is 1. The van der Waals surface area contributed by atoms with Crippen LogP contribution in [0.5, 0.6) is 0 Å². The number of ketones is 1. The Kier molecular flexibility index (Phi) is 17.9. The van der Waals surface area contributed by atoms with Gasteiger partial charge in [0, 0.05) is 32.0 Å². The number of benzene rings is 2. The first kappa shape index (κ1) is 45.9. The van der Waals surface area contributed by atoms with Crippen LogP contribution in [0.2, 0.25) is 0 Å². The van der Waals surface area contributed by atoms with Crippen LogP contribution < -0.4 is 16.0 Å². The van der Waals surface area contributed by atoms with Crippen LogP contribution in [0.15, 0.2) is 60.7 Å². The maximum absolute atomic E-state index is 14.3. The number of likely N-dealkylation sites (tertiary alicyclic amines) is 1. The van der Waals surface area contributed by atoms with E-state index in [1.807, 2.05) is 81.4 Å². The van der Waals surface area contributed by atoms with Crippen molar-refractivity contribution in [2.45, 2.75) is 147 Å². The number of epoxide rings is 1. The van der Waals surface area contributed by atoms with Crippen LogP contribution in [0.4, 0.5) is 0 Å². The summed E-state index contributed by atoms with van der Waals surface area (Å²) in [6, 6.07) is 15.6. The van der Waals surface area contributed by atoms with Gasteiger partial charge in [-0.3, -0.25) is 28.9 Å². The first-order valence-corrected chi connectivity index (χ1v) is 22.2. The lowest BCUT2D eigenvalue weighted by Gasteiger charge is -2.33. The molecule has 4 amide bonds. The van der Waals surface area contributed by atoms with Crippen LogP contribution >= 0.6 is 0 Å². The molecule has 3 aliphatic heterocycles. The van der Waals surface area contributed by atoms with E-state index in [1.54, 1.807) is 11.8 Å². The standard InChI is InChI=1S/C47H69N5O7/c1-34(2)30-39(43(54)47(4)33-59-47)49-45(56)41(32-37-20-14-11-15-21-37)52-35(3)31-40(46(52)57)50-44(55)38(24-23-36-18-12-10-13-19-36)48-42(53)22-16-8-6-5-7-9-17-25-51-26-28-58-29-27-51/h10-15,18-21,34-35,38-41H,5-9,16-17,22-33H2,1-4H3,(H,48,53)(H,49,56)(H,50,55)/t35?,38-,39?,40?,41-,47?/m0/s1. The van der Waals surface area contributed by atoms with Gasteiger partial charge in [-0.2, -0.15) is 0 Å². The van der Waals surface area contributed by atoms with E-state index >= 15 is 0 Å². The SMILES string of the molecule is CC(C)CC(NC(=O)[C@H](Cc1ccccc1)N1C(=O)C(NC(=O)[C@H](CCc2ccccc2)NC(=O)CCCCCCCCCN2CCOCC2)CC1C)C(=O)C1(C)CO1. The van der Waals surface area contributed by atoms with Crippen LogP contribution in [-0.4, -0.2) is 114 Å². The Morgan fingerprint density at radius 3 is 2.05 bits per heavy atom. The molecule has 2 aromatic rings. The Morgan fingerprint density at radius 2 is 1.42 bits per heavy atom. The van der Waals surface area contributed by atoms with Crippen molar-refractivity contribution in [2.75, 3.05) is 39.5 Å². The molecule has 0 spiro atoms. The van der Waals surface area contributed by atoms with Crippen LogP contribution in [-0.2, 0) is 46.3 Å². The van der Waals surface area contributed by atoms with E-state index in [1.165, 1.54) is 19.3 Å². The maximum atomic E-state index is 14.3. The zero-order chi connectivity index (χ0) is 42.2. The third-order valence-corrected chi connectivity index (χ3v) is 12.0. The molecule has 0 aliphatic carbocycles. The molecular weight excluding hydrogens is 747 g/mol. The van der Waals surface area contributed by atoms with E-state index in [2.05, 4.69) is 20.9 Å². The van der Waals surface area contributed by atoms with E-state index in [9.17, 15) is 24.0 Å². The maximum Gasteiger partial charge on any atom is 0.246 e. The third kappa shape index (κ3) is 14.5. The number of ether oxygens (including phenoxy) is 2. The predicted octanol–water partition coefficient (Wildman–Crippen LogP) is 5.16. The van der Waals surface area contributed by atoms with Gasteiger partial charge in [0.25, 0.3) is 0 Å². The van der Waals surface area contributed by atoms with Gasteiger partial charge in [0.2, 0.25) is 23.6 Å². The molecule has 3 saturated heterocycles. The number of nitrogens with zero attached hydrogens (tertiary/aromatic N) is 2. The highest BCUT2D eigenvalue weighted by molar-refractivity contribution is 5.99. The topological polar surface area (TPSA) is 150 Å². The van der Waals surface area contributed by atoms with Crippen molar-refractivity contribution in [3.63, 3.8) is 0 Å². The third-order valence-electron chi connectivity index (χ3n) is 12.0. The van der Waals surface area contributed by atoms with Gasteiger partial charge >= 0.3 is 0 Å². The molecule has 0 radical (unpaired) electrons. The van der Waals surface area contributed by atoms with Gasteiger partial charge in [-0.05, 0) is 76.0 Å². The van der Waals surface area contributed by atoms with Gasteiger partial charge in [-0.15, -0.1) is 0 Å². The molecule has 3 fully saturated rings. The molecule has 3 N–H and O–H groups in total. The van der Waals surface area contributed by atoms with Crippen molar-refractivity contribution in [3.05, 3.63) is 71.8 Å². The average molecular weight is 816 g/mol. The summed E-state index contributed by atoms with van der Waals surface area (Å²) < 4.78 is 10.9. The summed E-state index contributed by atoms with van der Waals surface area (Å²) in [7, 11) is 0. The van der Waals surface area contributed by atoms with E-state index in [0.717, 1.165) is 69.7 Å². The molecule has 0 saturated carbocycles. The number of hydrogen-bond donors (Lipinski definition) is 3. The number of unbranched alkanes of at least 4 members (excludes halogenated alkanes) is 6. The highest BCUT2D eigenvalue weighted by Gasteiger charge is 2.51. The zero-order valence-corrected chi connectivity index (χ0v) is 35.9. The van der Waals surface area contributed by atoms with Gasteiger partial charge in [0.1, 0.15) is 23.7 Å². The van der Waals surface area contributed by atoms with Gasteiger partial charge in [0.15, 0.2) is 5.78 Å². The molecule has 3 aliphatic rings. The summed E-state index contributed by atoms with van der Waals surface area (Å²) >= 11 is 0. The second-order valence-corrected chi connectivity index (χ2v) is 17.5. The predicted molar refractivity (Wildman–Crippen MR) is 228 cm³/mol. The summed E-state index contributed by atoms with van der Waals surface area (Å²) in [6.07, 6.45) is 9.82. The van der Waals surface area contributed by atoms with Crippen molar-refractivity contribution < 1.29 is 33.4 Å². The first-order valence-electron chi connectivity index (χ1n) is 22.2. The van der Waals surface area contributed by atoms with E-state index in [0.29, 0.717) is 38.7 Å². The number of carbonyl (C=O) groups is 5. The van der Waals surface area contributed by atoms with Gasteiger partial charge in [-0.1, -0.05) is 107 Å². The minimum absolute atomic E-state index is 0.132. The second kappa shape index (κ2) is 23.0. The number of Topliss-reactive ketones (excluding diaryl/α,β-unsaturated/α-hetero) is 1. The molecule has 12 nitrogen and oxygen atoms in total.